The SMILES string of the molecule is CC1(C)CCC[C@]2(C)[C@@H](Cc3ccc(O)cc3O)[C@](C)(O)CC[C@@H]12. The zero-order chi connectivity index (χ0) is 17.8. The van der Waals surface area contributed by atoms with Crippen molar-refractivity contribution in [2.24, 2.45) is 22.7 Å². The second-order valence-electron chi connectivity index (χ2n) is 9.37. The summed E-state index contributed by atoms with van der Waals surface area (Å²) >= 11 is 0. The first kappa shape index (κ1) is 17.6. The molecule has 2 fully saturated rings. The molecule has 0 amide bonds. The number of hydrogen-bond acceptors (Lipinski definition) is 3. The molecule has 4 atom stereocenters. The van der Waals surface area contributed by atoms with E-state index < -0.39 is 5.60 Å². The summed E-state index contributed by atoms with van der Waals surface area (Å²) in [5.41, 5.74) is 0.485. The molecule has 0 heterocycles. The highest BCUT2D eigenvalue weighted by Gasteiger charge is 2.57. The molecule has 0 aromatic heterocycles. The van der Waals surface area contributed by atoms with Crippen molar-refractivity contribution in [2.75, 3.05) is 0 Å². The lowest BCUT2D eigenvalue weighted by atomic mass is 9.45. The van der Waals surface area contributed by atoms with Crippen molar-refractivity contribution in [3.8, 4) is 11.5 Å². The van der Waals surface area contributed by atoms with E-state index >= 15 is 0 Å². The topological polar surface area (TPSA) is 60.7 Å². The summed E-state index contributed by atoms with van der Waals surface area (Å²) in [5.74, 6) is 0.920. The summed E-state index contributed by atoms with van der Waals surface area (Å²) in [5, 5.41) is 31.0. The first-order chi connectivity index (χ1) is 11.1. The van der Waals surface area contributed by atoms with Gasteiger partial charge in [0.05, 0.1) is 5.60 Å². The van der Waals surface area contributed by atoms with Crippen LogP contribution in [0.15, 0.2) is 18.2 Å². The second kappa shape index (κ2) is 5.66. The molecule has 2 aliphatic rings. The molecule has 0 aliphatic heterocycles. The van der Waals surface area contributed by atoms with Crippen LogP contribution in [0.3, 0.4) is 0 Å². The highest BCUT2D eigenvalue weighted by molar-refractivity contribution is 5.39. The molecule has 0 bridgehead atoms. The Morgan fingerprint density at radius 3 is 2.42 bits per heavy atom. The molecule has 24 heavy (non-hydrogen) atoms. The van der Waals surface area contributed by atoms with Crippen LogP contribution in [-0.2, 0) is 6.42 Å². The smallest absolute Gasteiger partial charge is 0.122 e. The van der Waals surface area contributed by atoms with Crippen molar-refractivity contribution in [1.82, 2.24) is 0 Å². The van der Waals surface area contributed by atoms with Gasteiger partial charge < -0.3 is 15.3 Å². The van der Waals surface area contributed by atoms with E-state index in [1.165, 1.54) is 18.9 Å². The van der Waals surface area contributed by atoms with Gasteiger partial charge in [0.25, 0.3) is 0 Å². The molecule has 2 saturated carbocycles. The number of aromatic hydroxyl groups is 2. The number of hydrogen-bond donors (Lipinski definition) is 3. The minimum atomic E-state index is -0.719. The number of rotatable bonds is 2. The Hall–Kier alpha value is -1.22. The molecule has 1 aromatic carbocycles. The summed E-state index contributed by atoms with van der Waals surface area (Å²) < 4.78 is 0. The molecule has 3 heteroatoms. The molecule has 2 aliphatic carbocycles. The number of phenols is 2. The van der Waals surface area contributed by atoms with E-state index in [0.29, 0.717) is 17.8 Å². The third-order valence-corrected chi connectivity index (χ3v) is 7.25. The Labute approximate surface area is 145 Å². The number of aliphatic hydroxyl groups is 1. The monoisotopic (exact) mass is 332 g/mol. The zero-order valence-electron chi connectivity index (χ0n) is 15.5. The van der Waals surface area contributed by atoms with Crippen LogP contribution in [0.25, 0.3) is 0 Å². The third-order valence-electron chi connectivity index (χ3n) is 7.25. The van der Waals surface area contributed by atoms with E-state index in [4.69, 9.17) is 0 Å². The molecule has 3 N–H and O–H groups in total. The Morgan fingerprint density at radius 2 is 1.75 bits per heavy atom. The van der Waals surface area contributed by atoms with Crippen molar-refractivity contribution < 1.29 is 15.3 Å². The molecule has 0 saturated heterocycles. The van der Waals surface area contributed by atoms with Gasteiger partial charge >= 0.3 is 0 Å². The maximum absolute atomic E-state index is 11.2. The maximum Gasteiger partial charge on any atom is 0.122 e. The Balaban J connectivity index is 1.98. The average Bonchev–Trinajstić information content (AvgIpc) is 2.43. The first-order valence-corrected chi connectivity index (χ1v) is 9.29. The standard InChI is InChI=1S/C21H32O3/c1-19(2)9-5-10-20(3)17(19)8-11-21(4,24)18(20)12-14-6-7-15(22)13-16(14)23/h6-7,13,17-18,22-24H,5,8-12H2,1-4H3/t17-,18+,20-,21+/m0/s1. The van der Waals surface area contributed by atoms with Crippen molar-refractivity contribution in [3.63, 3.8) is 0 Å². The maximum atomic E-state index is 11.2. The van der Waals surface area contributed by atoms with Crippen LogP contribution in [-0.4, -0.2) is 20.9 Å². The van der Waals surface area contributed by atoms with Crippen LogP contribution in [0.2, 0.25) is 0 Å². The van der Waals surface area contributed by atoms with Gasteiger partial charge in [0.1, 0.15) is 11.5 Å². The normalized spacial score (nSPS) is 38.5. The fraction of sp³-hybridized carbons (Fsp3) is 0.714. The van der Waals surface area contributed by atoms with Crippen LogP contribution < -0.4 is 0 Å². The zero-order valence-corrected chi connectivity index (χ0v) is 15.5. The Kier molecular flexibility index (Phi) is 4.15. The molecule has 0 unspecified atom stereocenters. The van der Waals surface area contributed by atoms with Crippen LogP contribution >= 0.6 is 0 Å². The van der Waals surface area contributed by atoms with Crippen molar-refractivity contribution in [1.29, 1.82) is 0 Å². The van der Waals surface area contributed by atoms with Gasteiger partial charge in [-0.15, -0.1) is 0 Å². The van der Waals surface area contributed by atoms with Gasteiger partial charge in [0.15, 0.2) is 0 Å². The summed E-state index contributed by atoms with van der Waals surface area (Å²) in [4.78, 5) is 0. The van der Waals surface area contributed by atoms with Crippen molar-refractivity contribution in [2.45, 2.75) is 71.8 Å². The molecule has 134 valence electrons. The Morgan fingerprint density at radius 1 is 1.04 bits per heavy atom. The van der Waals surface area contributed by atoms with Crippen LogP contribution in [0.4, 0.5) is 0 Å². The largest absolute Gasteiger partial charge is 0.508 e. The second-order valence-corrected chi connectivity index (χ2v) is 9.37. The van der Waals surface area contributed by atoms with Gasteiger partial charge in [-0.2, -0.15) is 0 Å². The summed E-state index contributed by atoms with van der Waals surface area (Å²) in [6.45, 7) is 9.08. The predicted octanol–water partition coefficient (Wildman–Crippen LogP) is 4.63. The molecular formula is C21H32O3. The first-order valence-electron chi connectivity index (χ1n) is 9.29. The number of benzene rings is 1. The van der Waals surface area contributed by atoms with Crippen molar-refractivity contribution in [3.05, 3.63) is 23.8 Å². The minimum absolute atomic E-state index is 0.0772. The van der Waals surface area contributed by atoms with Crippen LogP contribution in [0.5, 0.6) is 11.5 Å². The predicted molar refractivity (Wildman–Crippen MR) is 96.1 cm³/mol. The van der Waals surface area contributed by atoms with E-state index in [1.54, 1.807) is 12.1 Å². The number of phenolic OH excluding ortho intramolecular Hbond substituents is 2. The highest BCUT2D eigenvalue weighted by atomic mass is 16.3. The molecule has 1 aromatic rings. The molecule has 3 rings (SSSR count). The van der Waals surface area contributed by atoms with E-state index in [1.807, 2.05) is 6.92 Å². The lowest BCUT2D eigenvalue weighted by molar-refractivity contribution is -0.166. The van der Waals surface area contributed by atoms with Gasteiger partial charge in [-0.05, 0) is 73.3 Å². The van der Waals surface area contributed by atoms with Crippen LogP contribution in [0, 0.1) is 22.7 Å². The lowest BCUT2D eigenvalue weighted by Gasteiger charge is -2.61. The van der Waals surface area contributed by atoms with Gasteiger partial charge in [-0.1, -0.05) is 33.3 Å². The molecule has 3 nitrogen and oxygen atoms in total. The fourth-order valence-corrected chi connectivity index (χ4v) is 6.02. The van der Waals surface area contributed by atoms with Gasteiger partial charge in [-0.25, -0.2) is 0 Å². The van der Waals surface area contributed by atoms with Crippen LogP contribution in [0.1, 0.15) is 65.4 Å². The van der Waals surface area contributed by atoms with E-state index in [0.717, 1.165) is 24.8 Å². The van der Waals surface area contributed by atoms with E-state index in [9.17, 15) is 15.3 Å². The van der Waals surface area contributed by atoms with Gasteiger partial charge in [0.2, 0.25) is 0 Å². The summed E-state index contributed by atoms with van der Waals surface area (Å²) in [6.07, 6.45) is 6.15. The minimum Gasteiger partial charge on any atom is -0.508 e. The summed E-state index contributed by atoms with van der Waals surface area (Å²) in [6, 6.07) is 4.82. The average molecular weight is 332 g/mol. The Bertz CT molecular complexity index is 620. The fourth-order valence-electron chi connectivity index (χ4n) is 6.02. The van der Waals surface area contributed by atoms with E-state index in [-0.39, 0.29) is 22.8 Å². The number of fused-ring (bicyclic) bond motifs is 1. The highest BCUT2D eigenvalue weighted by Crippen LogP contribution is 2.62. The van der Waals surface area contributed by atoms with Crippen molar-refractivity contribution >= 4 is 0 Å². The molecular weight excluding hydrogens is 300 g/mol. The third kappa shape index (κ3) is 2.81. The van der Waals surface area contributed by atoms with Gasteiger partial charge in [0, 0.05) is 6.07 Å². The van der Waals surface area contributed by atoms with Gasteiger partial charge in [-0.3, -0.25) is 0 Å². The van der Waals surface area contributed by atoms with E-state index in [2.05, 4.69) is 20.8 Å². The summed E-state index contributed by atoms with van der Waals surface area (Å²) in [7, 11) is 0. The quantitative estimate of drug-likeness (QED) is 0.740. The lowest BCUT2D eigenvalue weighted by Crippen LogP contribution is -2.58. The molecule has 0 spiro atoms. The molecule has 0 radical (unpaired) electrons.